The van der Waals surface area contributed by atoms with Crippen LogP contribution in [0.1, 0.15) is 17.9 Å². The first-order chi connectivity index (χ1) is 8.86. The van der Waals surface area contributed by atoms with Gasteiger partial charge in [-0.15, -0.1) is 11.3 Å². The average molecular weight is 290 g/mol. The Balaban J connectivity index is 2.94. The van der Waals surface area contributed by atoms with E-state index in [4.69, 9.17) is 4.74 Å². The van der Waals surface area contributed by atoms with Crippen molar-refractivity contribution >= 4 is 22.0 Å². The van der Waals surface area contributed by atoms with Gasteiger partial charge in [0.05, 0.1) is 23.7 Å². The van der Waals surface area contributed by atoms with E-state index < -0.39 is 17.1 Å². The van der Waals surface area contributed by atoms with Gasteiger partial charge in [0.2, 0.25) is 0 Å². The summed E-state index contributed by atoms with van der Waals surface area (Å²) in [6.07, 6.45) is -1.48. The summed E-state index contributed by atoms with van der Waals surface area (Å²) in [6.45, 7) is 1.93. The second kappa shape index (κ2) is 6.80. The second-order valence-corrected chi connectivity index (χ2v) is 5.32. The van der Waals surface area contributed by atoms with E-state index in [1.807, 2.05) is 0 Å². The van der Waals surface area contributed by atoms with Crippen molar-refractivity contribution in [2.45, 2.75) is 19.1 Å². The molecule has 7 nitrogen and oxygen atoms in total. The van der Waals surface area contributed by atoms with Gasteiger partial charge < -0.3 is 19.8 Å². The molecule has 8 heteroatoms. The highest BCUT2D eigenvalue weighted by Crippen LogP contribution is 2.39. The quantitative estimate of drug-likeness (QED) is 0.577. The predicted molar refractivity (Wildman–Crippen MR) is 72.8 cm³/mol. The monoisotopic (exact) mass is 290 g/mol. The molecule has 2 N–H and O–H groups in total. The van der Waals surface area contributed by atoms with Crippen LogP contribution in [0, 0.1) is 10.1 Å². The summed E-state index contributed by atoms with van der Waals surface area (Å²) in [6, 6.07) is 1.36. The van der Waals surface area contributed by atoms with Crippen LogP contribution in [0.5, 0.6) is 0 Å². The van der Waals surface area contributed by atoms with Crippen molar-refractivity contribution < 1.29 is 19.9 Å². The molecule has 1 aromatic rings. The van der Waals surface area contributed by atoms with E-state index in [2.05, 4.69) is 0 Å². The predicted octanol–water partition coefficient (Wildman–Crippen LogP) is 1.15. The summed E-state index contributed by atoms with van der Waals surface area (Å²) in [5.41, 5.74) is -0.0620. The third kappa shape index (κ3) is 4.13. The fourth-order valence-corrected chi connectivity index (χ4v) is 2.68. The SMILES string of the molecule is COCC(O)CN(C)c1sc([C@@H](C)O)cc1[N+](=O)[O-]. The molecular weight excluding hydrogens is 272 g/mol. The van der Waals surface area contributed by atoms with Crippen molar-refractivity contribution in [1.29, 1.82) is 0 Å². The van der Waals surface area contributed by atoms with Crippen molar-refractivity contribution in [3.63, 3.8) is 0 Å². The van der Waals surface area contributed by atoms with Gasteiger partial charge >= 0.3 is 5.69 Å². The van der Waals surface area contributed by atoms with E-state index in [0.717, 1.165) is 11.3 Å². The molecule has 0 radical (unpaired) electrons. The molecule has 0 amide bonds. The van der Waals surface area contributed by atoms with Gasteiger partial charge in [0.25, 0.3) is 0 Å². The first-order valence-corrected chi connectivity index (χ1v) is 6.52. The number of methoxy groups -OCH3 is 1. The van der Waals surface area contributed by atoms with Crippen LogP contribution in [-0.4, -0.2) is 48.5 Å². The zero-order valence-corrected chi connectivity index (χ0v) is 11.9. The number of thiophene rings is 1. The van der Waals surface area contributed by atoms with Gasteiger partial charge in [-0.05, 0) is 6.92 Å². The zero-order chi connectivity index (χ0) is 14.6. The third-order valence-corrected chi connectivity index (χ3v) is 3.92. The average Bonchev–Trinajstić information content (AvgIpc) is 2.73. The number of likely N-dealkylation sites (N-methyl/N-ethyl adjacent to an activating group) is 1. The summed E-state index contributed by atoms with van der Waals surface area (Å²) in [5, 5.41) is 30.5. The molecule has 0 aliphatic carbocycles. The number of aliphatic hydroxyl groups excluding tert-OH is 2. The lowest BCUT2D eigenvalue weighted by Gasteiger charge is -2.20. The molecule has 1 unspecified atom stereocenters. The van der Waals surface area contributed by atoms with Crippen LogP contribution < -0.4 is 4.90 Å². The van der Waals surface area contributed by atoms with Crippen molar-refractivity contribution in [2.24, 2.45) is 0 Å². The number of rotatable bonds is 7. The number of nitro groups is 1. The first-order valence-electron chi connectivity index (χ1n) is 5.71. The van der Waals surface area contributed by atoms with Crippen LogP contribution in [0.3, 0.4) is 0 Å². The van der Waals surface area contributed by atoms with E-state index >= 15 is 0 Å². The summed E-state index contributed by atoms with van der Waals surface area (Å²) < 4.78 is 4.81. The molecule has 1 rings (SSSR count). The molecule has 0 saturated carbocycles. The molecule has 2 atom stereocenters. The smallest absolute Gasteiger partial charge is 0.304 e. The Labute approximate surface area is 115 Å². The highest BCUT2D eigenvalue weighted by Gasteiger charge is 2.24. The third-order valence-electron chi connectivity index (χ3n) is 2.51. The topological polar surface area (TPSA) is 96.1 Å². The van der Waals surface area contributed by atoms with Crippen molar-refractivity contribution in [3.8, 4) is 0 Å². The lowest BCUT2D eigenvalue weighted by molar-refractivity contribution is -0.383. The second-order valence-electron chi connectivity index (χ2n) is 4.26. The number of hydrogen-bond acceptors (Lipinski definition) is 7. The Morgan fingerprint density at radius 1 is 1.58 bits per heavy atom. The Bertz CT molecular complexity index is 435. The number of nitrogens with zero attached hydrogens (tertiary/aromatic N) is 2. The summed E-state index contributed by atoms with van der Waals surface area (Å²) >= 11 is 1.15. The largest absolute Gasteiger partial charge is 0.389 e. The molecule has 108 valence electrons. The Kier molecular flexibility index (Phi) is 5.67. The number of anilines is 1. The minimum absolute atomic E-state index is 0.0620. The van der Waals surface area contributed by atoms with Crippen LogP contribution >= 0.6 is 11.3 Å². The van der Waals surface area contributed by atoms with Crippen LogP contribution in [0.25, 0.3) is 0 Å². The lowest BCUT2D eigenvalue weighted by atomic mass is 10.3. The molecule has 0 spiro atoms. The highest BCUT2D eigenvalue weighted by molar-refractivity contribution is 7.16. The molecule has 19 heavy (non-hydrogen) atoms. The number of ether oxygens (including phenoxy) is 1. The van der Waals surface area contributed by atoms with Crippen LogP contribution in [0.15, 0.2) is 6.07 Å². The fraction of sp³-hybridized carbons (Fsp3) is 0.636. The minimum Gasteiger partial charge on any atom is -0.389 e. The van der Waals surface area contributed by atoms with Gasteiger partial charge in [0.1, 0.15) is 0 Å². The van der Waals surface area contributed by atoms with Crippen LogP contribution in [0.4, 0.5) is 10.7 Å². The Hall–Kier alpha value is -1.22. The van der Waals surface area contributed by atoms with Crippen molar-refractivity contribution in [2.75, 3.05) is 32.2 Å². The van der Waals surface area contributed by atoms with E-state index in [-0.39, 0.29) is 18.8 Å². The highest BCUT2D eigenvalue weighted by atomic mass is 32.1. The minimum atomic E-state index is -0.755. The molecule has 1 aromatic heterocycles. The maximum absolute atomic E-state index is 11.0. The summed E-state index contributed by atoms with van der Waals surface area (Å²) in [4.78, 5) is 12.6. The van der Waals surface area contributed by atoms with Gasteiger partial charge in [0.15, 0.2) is 5.00 Å². The number of hydrogen-bond donors (Lipinski definition) is 2. The maximum Gasteiger partial charge on any atom is 0.304 e. The normalized spacial score (nSPS) is 14.2. The van der Waals surface area contributed by atoms with Crippen molar-refractivity contribution in [1.82, 2.24) is 0 Å². The summed E-state index contributed by atoms with van der Waals surface area (Å²) in [5.74, 6) is 0. The molecule has 0 saturated heterocycles. The molecule has 0 aliphatic rings. The van der Waals surface area contributed by atoms with Gasteiger partial charge in [-0.3, -0.25) is 10.1 Å². The zero-order valence-electron chi connectivity index (χ0n) is 11.1. The van der Waals surface area contributed by atoms with Crippen LogP contribution in [0.2, 0.25) is 0 Å². The summed E-state index contributed by atoms with van der Waals surface area (Å²) in [7, 11) is 3.13. The number of aliphatic hydroxyl groups is 2. The Morgan fingerprint density at radius 2 is 2.21 bits per heavy atom. The van der Waals surface area contributed by atoms with Crippen LogP contribution in [-0.2, 0) is 4.74 Å². The van der Waals surface area contributed by atoms with Gasteiger partial charge in [0, 0.05) is 31.6 Å². The lowest BCUT2D eigenvalue weighted by Crippen LogP contribution is -2.31. The van der Waals surface area contributed by atoms with E-state index in [0.29, 0.717) is 9.88 Å². The molecule has 0 aromatic carbocycles. The van der Waals surface area contributed by atoms with Gasteiger partial charge in [-0.25, -0.2) is 0 Å². The first kappa shape index (κ1) is 15.8. The standard InChI is InChI=1S/C11H18N2O5S/c1-7(14)10-4-9(13(16)17)11(19-10)12(2)5-8(15)6-18-3/h4,7-8,14-15H,5-6H2,1-3H3/t7-,8?/m1/s1. The van der Waals surface area contributed by atoms with Gasteiger partial charge in [-0.1, -0.05) is 0 Å². The Morgan fingerprint density at radius 3 is 2.68 bits per heavy atom. The molecule has 0 fully saturated rings. The van der Waals surface area contributed by atoms with E-state index in [1.165, 1.54) is 13.2 Å². The molecule has 0 bridgehead atoms. The molecule has 1 heterocycles. The van der Waals surface area contributed by atoms with E-state index in [1.54, 1.807) is 18.9 Å². The molecular formula is C11H18N2O5S. The van der Waals surface area contributed by atoms with Crippen molar-refractivity contribution in [3.05, 3.63) is 21.1 Å². The van der Waals surface area contributed by atoms with Gasteiger partial charge in [-0.2, -0.15) is 0 Å². The van der Waals surface area contributed by atoms with E-state index in [9.17, 15) is 20.3 Å². The fourth-order valence-electron chi connectivity index (χ4n) is 1.64. The molecule has 0 aliphatic heterocycles. The maximum atomic E-state index is 11.0.